The zero-order valence-electron chi connectivity index (χ0n) is 6.97. The lowest BCUT2D eigenvalue weighted by Gasteiger charge is -2.09. The number of hydrogen-bond acceptors (Lipinski definition) is 3. The van der Waals surface area contributed by atoms with E-state index in [4.69, 9.17) is 11.0 Å². The maximum atomic E-state index is 12.5. The van der Waals surface area contributed by atoms with E-state index in [0.717, 1.165) is 0 Å². The molecule has 0 radical (unpaired) electrons. The van der Waals surface area contributed by atoms with E-state index in [9.17, 15) is 8.78 Å². The second kappa shape index (κ2) is 4.50. The maximum Gasteiger partial charge on any atom is 0.266 e. The minimum Gasteiger partial charge on any atom is -0.397 e. The Morgan fingerprint density at radius 1 is 1.64 bits per heavy atom. The Morgan fingerprint density at radius 2 is 2.29 bits per heavy atom. The molecule has 0 aromatic carbocycles. The number of rotatable bonds is 2. The van der Waals surface area contributed by atoms with E-state index in [1.807, 2.05) is 6.07 Å². The number of nitrogens with zero attached hydrogens (tertiary/aromatic N) is 2. The number of nitrogen functional groups attached to an aromatic ring is 1. The molecule has 0 saturated heterocycles. The molecule has 0 saturated carbocycles. The largest absolute Gasteiger partial charge is 0.397 e. The standard InChI is InChI=1S/C8H6F2IN3/c9-8(10)6-4(11)3-14-5(1-2-12)7(6)13/h3,8H,1,13H2. The van der Waals surface area contributed by atoms with Crippen LogP contribution in [0, 0.1) is 14.9 Å². The van der Waals surface area contributed by atoms with Gasteiger partial charge in [-0.3, -0.25) is 4.98 Å². The molecule has 6 heteroatoms. The van der Waals surface area contributed by atoms with Gasteiger partial charge in [-0.25, -0.2) is 8.78 Å². The van der Waals surface area contributed by atoms with Gasteiger partial charge in [0.05, 0.1) is 29.4 Å². The normalized spacial score (nSPS) is 10.2. The van der Waals surface area contributed by atoms with Crippen LogP contribution >= 0.6 is 22.6 Å². The quantitative estimate of drug-likeness (QED) is 0.853. The molecule has 74 valence electrons. The van der Waals surface area contributed by atoms with Crippen LogP contribution in [0.3, 0.4) is 0 Å². The summed E-state index contributed by atoms with van der Waals surface area (Å²) in [5.74, 6) is 0. The fourth-order valence-electron chi connectivity index (χ4n) is 0.995. The number of nitrogens with two attached hydrogens (primary N) is 1. The Bertz CT molecular complexity index is 387. The molecule has 0 aliphatic carbocycles. The van der Waals surface area contributed by atoms with Crippen LogP contribution in [0.25, 0.3) is 0 Å². The smallest absolute Gasteiger partial charge is 0.266 e. The van der Waals surface area contributed by atoms with E-state index >= 15 is 0 Å². The Kier molecular flexibility index (Phi) is 3.57. The molecule has 1 aromatic heterocycles. The highest BCUT2D eigenvalue weighted by Gasteiger charge is 2.18. The van der Waals surface area contributed by atoms with Crippen LogP contribution in [0.1, 0.15) is 17.7 Å². The first-order valence-electron chi connectivity index (χ1n) is 3.65. The van der Waals surface area contributed by atoms with Crippen LogP contribution in [-0.2, 0) is 6.42 Å². The lowest BCUT2D eigenvalue weighted by molar-refractivity contribution is 0.151. The number of alkyl halides is 2. The molecule has 1 aromatic rings. The highest BCUT2D eigenvalue weighted by atomic mass is 127. The zero-order valence-corrected chi connectivity index (χ0v) is 9.12. The maximum absolute atomic E-state index is 12.5. The van der Waals surface area contributed by atoms with Gasteiger partial charge in [-0.15, -0.1) is 0 Å². The van der Waals surface area contributed by atoms with E-state index in [2.05, 4.69) is 4.98 Å². The number of aromatic nitrogens is 1. The fraction of sp³-hybridized carbons (Fsp3) is 0.250. The minimum atomic E-state index is -2.64. The Morgan fingerprint density at radius 3 is 2.79 bits per heavy atom. The Balaban J connectivity index is 3.28. The number of anilines is 1. The molecule has 1 rings (SSSR count). The van der Waals surface area contributed by atoms with Gasteiger partial charge >= 0.3 is 0 Å². The van der Waals surface area contributed by atoms with Gasteiger partial charge in [0.15, 0.2) is 0 Å². The van der Waals surface area contributed by atoms with Crippen molar-refractivity contribution in [3.05, 3.63) is 21.0 Å². The highest BCUT2D eigenvalue weighted by Crippen LogP contribution is 2.30. The number of halogens is 3. The monoisotopic (exact) mass is 309 g/mol. The molecule has 2 N–H and O–H groups in total. The van der Waals surface area contributed by atoms with Crippen molar-refractivity contribution in [1.82, 2.24) is 4.98 Å². The average molecular weight is 309 g/mol. The summed E-state index contributed by atoms with van der Waals surface area (Å²) in [6.07, 6.45) is -1.39. The summed E-state index contributed by atoms with van der Waals surface area (Å²) in [5, 5.41) is 8.41. The van der Waals surface area contributed by atoms with E-state index in [-0.39, 0.29) is 23.4 Å². The predicted molar refractivity (Wildman–Crippen MR) is 55.6 cm³/mol. The molecule has 0 amide bonds. The van der Waals surface area contributed by atoms with Crippen molar-refractivity contribution in [2.24, 2.45) is 0 Å². The molecule has 0 unspecified atom stereocenters. The van der Waals surface area contributed by atoms with Gasteiger partial charge in [-0.1, -0.05) is 0 Å². The van der Waals surface area contributed by atoms with Crippen LogP contribution < -0.4 is 5.73 Å². The van der Waals surface area contributed by atoms with Gasteiger partial charge < -0.3 is 5.73 Å². The van der Waals surface area contributed by atoms with Gasteiger partial charge in [0.25, 0.3) is 6.43 Å². The van der Waals surface area contributed by atoms with Crippen molar-refractivity contribution in [3.8, 4) is 6.07 Å². The van der Waals surface area contributed by atoms with Gasteiger partial charge in [0, 0.05) is 9.77 Å². The van der Waals surface area contributed by atoms with Gasteiger partial charge in [-0.05, 0) is 22.6 Å². The summed E-state index contributed by atoms with van der Waals surface area (Å²) in [6, 6.07) is 1.82. The van der Waals surface area contributed by atoms with Crippen molar-refractivity contribution in [1.29, 1.82) is 5.26 Å². The van der Waals surface area contributed by atoms with Crippen molar-refractivity contribution < 1.29 is 8.78 Å². The van der Waals surface area contributed by atoms with Crippen LogP contribution in [0.5, 0.6) is 0 Å². The third-order valence-corrected chi connectivity index (χ3v) is 2.52. The third kappa shape index (κ3) is 2.09. The first kappa shape index (κ1) is 11.1. The molecule has 0 fully saturated rings. The first-order valence-corrected chi connectivity index (χ1v) is 4.73. The molecule has 0 spiro atoms. The second-order valence-electron chi connectivity index (χ2n) is 2.52. The average Bonchev–Trinajstić information content (AvgIpc) is 2.10. The van der Waals surface area contributed by atoms with Crippen molar-refractivity contribution >= 4 is 28.3 Å². The Hall–Kier alpha value is -0.970. The van der Waals surface area contributed by atoms with E-state index in [1.165, 1.54) is 6.20 Å². The number of nitriles is 1. The van der Waals surface area contributed by atoms with E-state index in [0.29, 0.717) is 3.57 Å². The first-order chi connectivity index (χ1) is 6.57. The lowest BCUT2D eigenvalue weighted by Crippen LogP contribution is -2.05. The molecule has 0 aliphatic heterocycles. The van der Waals surface area contributed by atoms with Crippen molar-refractivity contribution in [3.63, 3.8) is 0 Å². The van der Waals surface area contributed by atoms with Gasteiger partial charge in [0.2, 0.25) is 0 Å². The van der Waals surface area contributed by atoms with Gasteiger partial charge in [-0.2, -0.15) is 5.26 Å². The SMILES string of the molecule is N#CCc1ncc(I)c(C(F)F)c1N. The van der Waals surface area contributed by atoms with E-state index in [1.54, 1.807) is 22.6 Å². The topological polar surface area (TPSA) is 62.7 Å². The Labute approximate surface area is 93.1 Å². The van der Waals surface area contributed by atoms with Crippen LogP contribution in [-0.4, -0.2) is 4.98 Å². The highest BCUT2D eigenvalue weighted by molar-refractivity contribution is 14.1. The minimum absolute atomic E-state index is 0.0531. The molecule has 14 heavy (non-hydrogen) atoms. The van der Waals surface area contributed by atoms with Crippen LogP contribution in [0.2, 0.25) is 0 Å². The van der Waals surface area contributed by atoms with E-state index < -0.39 is 6.43 Å². The van der Waals surface area contributed by atoms with Gasteiger partial charge in [0.1, 0.15) is 0 Å². The zero-order chi connectivity index (χ0) is 10.7. The molecule has 1 heterocycles. The summed E-state index contributed by atoms with van der Waals surface area (Å²) >= 11 is 1.74. The summed E-state index contributed by atoms with van der Waals surface area (Å²) in [4.78, 5) is 3.82. The van der Waals surface area contributed by atoms with Crippen molar-refractivity contribution in [2.75, 3.05) is 5.73 Å². The molecule has 0 aliphatic rings. The van der Waals surface area contributed by atoms with Crippen LogP contribution in [0.15, 0.2) is 6.20 Å². The summed E-state index contributed by atoms with van der Waals surface area (Å²) in [5.41, 5.74) is 5.38. The second-order valence-corrected chi connectivity index (χ2v) is 3.68. The molecular formula is C8H6F2IN3. The summed E-state index contributed by atoms with van der Waals surface area (Å²) < 4.78 is 25.3. The third-order valence-electron chi connectivity index (χ3n) is 1.66. The summed E-state index contributed by atoms with van der Waals surface area (Å²) in [6.45, 7) is 0. The molecule has 0 atom stereocenters. The fourth-order valence-corrected chi connectivity index (χ4v) is 1.66. The molecular weight excluding hydrogens is 303 g/mol. The lowest BCUT2D eigenvalue weighted by atomic mass is 10.1. The van der Waals surface area contributed by atoms with Crippen molar-refractivity contribution in [2.45, 2.75) is 12.8 Å². The number of pyridine rings is 1. The predicted octanol–water partition coefficient (Wildman–Crippen LogP) is 2.27. The number of hydrogen-bond donors (Lipinski definition) is 1. The van der Waals surface area contributed by atoms with Crippen LogP contribution in [0.4, 0.5) is 14.5 Å². The molecule has 3 nitrogen and oxygen atoms in total. The summed E-state index contributed by atoms with van der Waals surface area (Å²) in [7, 11) is 0. The molecule has 0 bridgehead atoms.